The van der Waals surface area contributed by atoms with Crippen molar-refractivity contribution in [1.29, 1.82) is 0 Å². The quantitative estimate of drug-likeness (QED) is 0.533. The number of rotatable bonds is 5. The van der Waals surface area contributed by atoms with Crippen LogP contribution in [0.5, 0.6) is 0 Å². The van der Waals surface area contributed by atoms with E-state index in [1.807, 2.05) is 0 Å². The Kier molecular flexibility index (Phi) is 7.32. The van der Waals surface area contributed by atoms with Crippen molar-refractivity contribution >= 4 is 11.9 Å². The summed E-state index contributed by atoms with van der Waals surface area (Å²) in [6.07, 6.45) is 6.38. The van der Waals surface area contributed by atoms with Crippen molar-refractivity contribution in [2.24, 2.45) is 4.99 Å². The second-order valence-electron chi connectivity index (χ2n) is 7.99. The Morgan fingerprint density at radius 2 is 2.11 bits per heavy atom. The van der Waals surface area contributed by atoms with Gasteiger partial charge in [0.15, 0.2) is 5.96 Å². The lowest BCUT2D eigenvalue weighted by Gasteiger charge is -2.38. The molecule has 1 amide bonds. The molecule has 3 fully saturated rings. The molecule has 1 spiro atoms. The van der Waals surface area contributed by atoms with Crippen LogP contribution in [0.2, 0.25) is 0 Å². The van der Waals surface area contributed by atoms with Gasteiger partial charge in [-0.05, 0) is 32.1 Å². The molecule has 27 heavy (non-hydrogen) atoms. The molecule has 3 heterocycles. The van der Waals surface area contributed by atoms with Crippen LogP contribution in [0.4, 0.5) is 0 Å². The van der Waals surface area contributed by atoms with Crippen molar-refractivity contribution in [2.45, 2.75) is 56.3 Å². The highest BCUT2D eigenvalue weighted by molar-refractivity contribution is 5.85. The first-order chi connectivity index (χ1) is 13.1. The van der Waals surface area contributed by atoms with Gasteiger partial charge in [0.2, 0.25) is 5.91 Å². The van der Waals surface area contributed by atoms with Gasteiger partial charge in [0.05, 0.1) is 18.3 Å². The summed E-state index contributed by atoms with van der Waals surface area (Å²) in [5.74, 6) is 0.665. The molecule has 8 heteroatoms. The van der Waals surface area contributed by atoms with Crippen LogP contribution in [-0.4, -0.2) is 88.1 Å². The SMILES string of the molecule is CN(C)C(=O)CN=C(NCC1CCCCO1)NC1CCOC2(CCOC2)C1. The largest absolute Gasteiger partial charge is 0.378 e. The van der Waals surface area contributed by atoms with Crippen LogP contribution in [0.1, 0.15) is 38.5 Å². The molecule has 3 aliphatic rings. The van der Waals surface area contributed by atoms with Gasteiger partial charge in [0, 0.05) is 52.9 Å². The summed E-state index contributed by atoms with van der Waals surface area (Å²) in [6.45, 7) is 3.82. The molecule has 2 N–H and O–H groups in total. The van der Waals surface area contributed by atoms with Crippen LogP contribution in [0.25, 0.3) is 0 Å². The Hall–Kier alpha value is -1.38. The van der Waals surface area contributed by atoms with Gasteiger partial charge in [-0.25, -0.2) is 4.99 Å². The van der Waals surface area contributed by atoms with E-state index in [-0.39, 0.29) is 30.2 Å². The highest BCUT2D eigenvalue weighted by atomic mass is 16.6. The first kappa shape index (κ1) is 20.4. The summed E-state index contributed by atoms with van der Waals surface area (Å²) in [5.41, 5.74) is -0.160. The second-order valence-corrected chi connectivity index (χ2v) is 7.99. The van der Waals surface area contributed by atoms with Crippen molar-refractivity contribution in [3.05, 3.63) is 0 Å². The van der Waals surface area contributed by atoms with Gasteiger partial charge >= 0.3 is 0 Å². The average Bonchev–Trinajstić information content (AvgIpc) is 3.11. The Balaban J connectivity index is 1.57. The number of hydrogen-bond acceptors (Lipinski definition) is 5. The first-order valence-electron chi connectivity index (χ1n) is 10.1. The molecule has 154 valence electrons. The molecule has 0 aromatic carbocycles. The van der Waals surface area contributed by atoms with Gasteiger partial charge in [-0.1, -0.05) is 0 Å². The third-order valence-electron chi connectivity index (χ3n) is 5.54. The zero-order valence-electron chi connectivity index (χ0n) is 16.7. The predicted octanol–water partition coefficient (Wildman–Crippen LogP) is 0.517. The molecule has 8 nitrogen and oxygen atoms in total. The second kappa shape index (κ2) is 9.71. The van der Waals surface area contributed by atoms with Crippen molar-refractivity contribution in [3.8, 4) is 0 Å². The summed E-state index contributed by atoms with van der Waals surface area (Å²) in [6, 6.07) is 0.258. The Morgan fingerprint density at radius 3 is 2.81 bits per heavy atom. The molecule has 0 aromatic rings. The smallest absolute Gasteiger partial charge is 0.243 e. The molecule has 0 saturated carbocycles. The lowest BCUT2D eigenvalue weighted by atomic mass is 9.90. The van der Waals surface area contributed by atoms with Crippen LogP contribution >= 0.6 is 0 Å². The summed E-state index contributed by atoms with van der Waals surface area (Å²) in [7, 11) is 3.49. The Morgan fingerprint density at radius 1 is 1.22 bits per heavy atom. The standard InChI is InChI=1S/C19H34N4O4/c1-23(2)17(24)13-21-18(20-12-16-5-3-4-8-26-16)22-15-6-9-27-19(11-15)7-10-25-14-19/h15-16H,3-14H2,1-2H3,(H2,20,21,22). The van der Waals surface area contributed by atoms with E-state index < -0.39 is 0 Å². The van der Waals surface area contributed by atoms with Crippen LogP contribution < -0.4 is 10.6 Å². The zero-order chi connectivity index (χ0) is 19.1. The molecule has 0 aliphatic carbocycles. The lowest BCUT2D eigenvalue weighted by molar-refractivity contribution is -0.127. The molecule has 3 saturated heterocycles. The lowest BCUT2D eigenvalue weighted by Crippen LogP contribution is -2.53. The number of nitrogens with zero attached hydrogens (tertiary/aromatic N) is 2. The molecular weight excluding hydrogens is 348 g/mol. The number of likely N-dealkylation sites (N-methyl/N-ethyl adjacent to an activating group) is 1. The fourth-order valence-corrected chi connectivity index (χ4v) is 3.83. The highest BCUT2D eigenvalue weighted by Crippen LogP contribution is 2.32. The van der Waals surface area contributed by atoms with Crippen molar-refractivity contribution < 1.29 is 19.0 Å². The number of aliphatic imine (C=N–C) groups is 1. The monoisotopic (exact) mass is 382 g/mol. The van der Waals surface area contributed by atoms with E-state index >= 15 is 0 Å². The van der Waals surface area contributed by atoms with Crippen molar-refractivity contribution in [1.82, 2.24) is 15.5 Å². The van der Waals surface area contributed by atoms with E-state index in [2.05, 4.69) is 15.6 Å². The van der Waals surface area contributed by atoms with Gasteiger partial charge in [-0.2, -0.15) is 0 Å². The van der Waals surface area contributed by atoms with Gasteiger partial charge in [-0.15, -0.1) is 0 Å². The maximum atomic E-state index is 12.0. The minimum Gasteiger partial charge on any atom is -0.378 e. The van der Waals surface area contributed by atoms with E-state index in [9.17, 15) is 4.79 Å². The highest BCUT2D eigenvalue weighted by Gasteiger charge is 2.41. The molecule has 3 aliphatic heterocycles. The zero-order valence-corrected chi connectivity index (χ0v) is 16.7. The minimum absolute atomic E-state index is 0.0161. The first-order valence-corrected chi connectivity index (χ1v) is 10.1. The van der Waals surface area contributed by atoms with Crippen LogP contribution in [0.3, 0.4) is 0 Å². The Bertz CT molecular complexity index is 514. The van der Waals surface area contributed by atoms with Gasteiger partial charge in [0.25, 0.3) is 0 Å². The van der Waals surface area contributed by atoms with Gasteiger partial charge in [-0.3, -0.25) is 4.79 Å². The normalized spacial score (nSPS) is 31.7. The predicted molar refractivity (Wildman–Crippen MR) is 103 cm³/mol. The summed E-state index contributed by atoms with van der Waals surface area (Å²) < 4.78 is 17.4. The van der Waals surface area contributed by atoms with Crippen LogP contribution in [0, 0.1) is 0 Å². The molecule has 3 unspecified atom stereocenters. The number of nitrogens with one attached hydrogen (secondary N) is 2. The minimum atomic E-state index is -0.160. The fourth-order valence-electron chi connectivity index (χ4n) is 3.83. The number of ether oxygens (including phenoxy) is 3. The number of carbonyl (C=O) groups excluding carboxylic acids is 1. The third-order valence-corrected chi connectivity index (χ3v) is 5.54. The van der Waals surface area contributed by atoms with Crippen molar-refractivity contribution in [2.75, 3.05) is 53.6 Å². The third kappa shape index (κ3) is 6.05. The molecular formula is C19H34N4O4. The maximum absolute atomic E-state index is 12.0. The van der Waals surface area contributed by atoms with E-state index in [0.717, 1.165) is 51.9 Å². The van der Waals surface area contributed by atoms with Gasteiger partial charge < -0.3 is 29.7 Å². The summed E-state index contributed by atoms with van der Waals surface area (Å²) >= 11 is 0. The molecule has 3 atom stereocenters. The molecule has 0 aromatic heterocycles. The maximum Gasteiger partial charge on any atom is 0.243 e. The molecule has 0 bridgehead atoms. The van der Waals surface area contributed by atoms with E-state index in [4.69, 9.17) is 14.2 Å². The number of hydrogen-bond donors (Lipinski definition) is 2. The topological polar surface area (TPSA) is 84.4 Å². The van der Waals surface area contributed by atoms with Crippen molar-refractivity contribution in [3.63, 3.8) is 0 Å². The molecule has 0 radical (unpaired) electrons. The molecule has 3 rings (SSSR count). The number of amides is 1. The Labute approximate surface area is 162 Å². The van der Waals surface area contributed by atoms with E-state index in [1.165, 1.54) is 6.42 Å². The number of carbonyl (C=O) groups is 1. The fraction of sp³-hybridized carbons (Fsp3) is 0.895. The summed E-state index contributed by atoms with van der Waals surface area (Å²) in [4.78, 5) is 18.0. The average molecular weight is 383 g/mol. The van der Waals surface area contributed by atoms with E-state index in [0.29, 0.717) is 19.1 Å². The van der Waals surface area contributed by atoms with E-state index in [1.54, 1.807) is 19.0 Å². The van der Waals surface area contributed by atoms with Crippen LogP contribution in [-0.2, 0) is 19.0 Å². The summed E-state index contributed by atoms with van der Waals surface area (Å²) in [5, 5.41) is 6.90. The number of guanidine groups is 1. The van der Waals surface area contributed by atoms with Gasteiger partial charge in [0.1, 0.15) is 6.54 Å². The van der Waals surface area contributed by atoms with Crippen LogP contribution in [0.15, 0.2) is 4.99 Å².